The van der Waals surface area contributed by atoms with Crippen molar-refractivity contribution < 1.29 is 14.3 Å². The Morgan fingerprint density at radius 3 is 2.78 bits per heavy atom. The van der Waals surface area contributed by atoms with Crippen LogP contribution in [0.1, 0.15) is 17.5 Å². The Morgan fingerprint density at radius 2 is 2.00 bits per heavy atom. The molecule has 2 aromatic carbocycles. The highest BCUT2D eigenvalue weighted by Crippen LogP contribution is 2.19. The molecule has 3 aromatic rings. The molecule has 0 radical (unpaired) electrons. The van der Waals surface area contributed by atoms with E-state index in [9.17, 15) is 9.59 Å². The normalized spacial score (nSPS) is 11.9. The van der Waals surface area contributed by atoms with Gasteiger partial charge in [-0.3, -0.25) is 4.79 Å². The molecule has 0 saturated heterocycles. The molecule has 0 fully saturated rings. The summed E-state index contributed by atoms with van der Waals surface area (Å²) < 4.78 is 4.87. The Kier molecular flexibility index (Phi) is 6.14. The molecule has 0 bridgehead atoms. The molecule has 5 nitrogen and oxygen atoms in total. The van der Waals surface area contributed by atoms with Crippen LogP contribution in [-0.2, 0) is 27.2 Å². The number of amides is 1. The summed E-state index contributed by atoms with van der Waals surface area (Å²) in [5, 5.41) is 4.46. The van der Waals surface area contributed by atoms with Gasteiger partial charge in [0.25, 0.3) is 0 Å². The summed E-state index contributed by atoms with van der Waals surface area (Å²) in [6.45, 7) is 0. The number of H-pyrrole nitrogens is 1. The van der Waals surface area contributed by atoms with Crippen LogP contribution in [0.25, 0.3) is 10.9 Å². The Balaban J connectivity index is 1.66. The van der Waals surface area contributed by atoms with Gasteiger partial charge in [-0.15, -0.1) is 0 Å². The van der Waals surface area contributed by atoms with Gasteiger partial charge in [0.15, 0.2) is 0 Å². The van der Waals surface area contributed by atoms with E-state index in [-0.39, 0.29) is 12.3 Å². The van der Waals surface area contributed by atoms with Crippen LogP contribution < -0.4 is 5.32 Å². The molecule has 0 aliphatic rings. The highest BCUT2D eigenvalue weighted by atomic mass is 35.5. The van der Waals surface area contributed by atoms with Crippen molar-refractivity contribution in [2.24, 2.45) is 0 Å². The van der Waals surface area contributed by atoms with Gasteiger partial charge in [-0.25, -0.2) is 4.79 Å². The number of methoxy groups -OCH3 is 1. The maximum atomic E-state index is 12.4. The Hall–Kier alpha value is -2.79. The summed E-state index contributed by atoms with van der Waals surface area (Å²) in [7, 11) is 1.32. The molecule has 0 aliphatic heterocycles. The van der Waals surface area contributed by atoms with Gasteiger partial charge in [-0.05, 0) is 35.7 Å². The average Bonchev–Trinajstić information content (AvgIpc) is 3.08. The first-order chi connectivity index (χ1) is 13.1. The largest absolute Gasteiger partial charge is 0.467 e. The van der Waals surface area contributed by atoms with E-state index < -0.39 is 12.0 Å². The first-order valence-corrected chi connectivity index (χ1v) is 9.11. The van der Waals surface area contributed by atoms with Crippen molar-refractivity contribution in [1.82, 2.24) is 10.3 Å². The van der Waals surface area contributed by atoms with Crippen LogP contribution >= 0.6 is 11.6 Å². The number of nitrogens with one attached hydrogen (secondary N) is 2. The first-order valence-electron chi connectivity index (χ1n) is 8.73. The number of rotatable bonds is 7. The van der Waals surface area contributed by atoms with Crippen LogP contribution in [0, 0.1) is 0 Å². The van der Waals surface area contributed by atoms with Gasteiger partial charge in [-0.2, -0.15) is 0 Å². The molecule has 2 N–H and O–H groups in total. The van der Waals surface area contributed by atoms with Crippen LogP contribution in [0.15, 0.2) is 54.7 Å². The second-order valence-corrected chi connectivity index (χ2v) is 6.77. The third-order valence-corrected chi connectivity index (χ3v) is 4.68. The van der Waals surface area contributed by atoms with E-state index in [4.69, 9.17) is 16.3 Å². The van der Waals surface area contributed by atoms with Crippen molar-refractivity contribution in [2.45, 2.75) is 25.3 Å². The summed E-state index contributed by atoms with van der Waals surface area (Å²) in [6, 6.07) is 14.5. The summed E-state index contributed by atoms with van der Waals surface area (Å²) in [5.74, 6) is -0.665. The molecule has 0 spiro atoms. The summed E-state index contributed by atoms with van der Waals surface area (Å²) in [4.78, 5) is 27.7. The molecule has 1 aromatic heterocycles. The number of esters is 1. The topological polar surface area (TPSA) is 71.2 Å². The highest BCUT2D eigenvalue weighted by Gasteiger charge is 2.23. The number of hydrogen-bond donors (Lipinski definition) is 2. The molecule has 1 amide bonds. The van der Waals surface area contributed by atoms with Crippen LogP contribution in [0.2, 0.25) is 5.02 Å². The molecule has 1 unspecified atom stereocenters. The van der Waals surface area contributed by atoms with Crippen molar-refractivity contribution >= 4 is 34.4 Å². The van der Waals surface area contributed by atoms with Gasteiger partial charge >= 0.3 is 5.97 Å². The number of aromatic nitrogens is 1. The first kappa shape index (κ1) is 19.0. The summed E-state index contributed by atoms with van der Waals surface area (Å²) >= 11 is 5.97. The minimum absolute atomic E-state index is 0.204. The summed E-state index contributed by atoms with van der Waals surface area (Å²) in [5.41, 5.74) is 2.92. The van der Waals surface area contributed by atoms with Gasteiger partial charge in [0.1, 0.15) is 6.04 Å². The molecular formula is C21H21ClN2O3. The minimum atomic E-state index is -0.735. The predicted molar refractivity (Wildman–Crippen MR) is 106 cm³/mol. The molecule has 6 heteroatoms. The van der Waals surface area contributed by atoms with Gasteiger partial charge in [0.05, 0.1) is 7.11 Å². The second-order valence-electron chi connectivity index (χ2n) is 6.34. The zero-order chi connectivity index (χ0) is 19.2. The van der Waals surface area contributed by atoms with Crippen LogP contribution in [0.5, 0.6) is 0 Å². The fraction of sp³-hybridized carbons (Fsp3) is 0.238. The number of fused-ring (bicyclic) bond motifs is 1. The number of carbonyl (C=O) groups excluding carboxylic acids is 2. The average molecular weight is 385 g/mol. The molecule has 27 heavy (non-hydrogen) atoms. The molecule has 1 heterocycles. The number of aromatic amines is 1. The number of hydrogen-bond acceptors (Lipinski definition) is 3. The van der Waals surface area contributed by atoms with Gasteiger partial charge in [-0.1, -0.05) is 41.9 Å². The fourth-order valence-corrected chi connectivity index (χ4v) is 3.29. The number of ether oxygens (including phenoxy) is 1. The van der Waals surface area contributed by atoms with Crippen LogP contribution in [0.3, 0.4) is 0 Å². The molecule has 140 valence electrons. The number of carbonyl (C=O) groups is 2. The molecule has 0 aliphatic carbocycles. The predicted octanol–water partition coefficient (Wildman–Crippen LogP) is 3.65. The lowest BCUT2D eigenvalue weighted by Gasteiger charge is -2.16. The van der Waals surface area contributed by atoms with Crippen molar-refractivity contribution in [3.63, 3.8) is 0 Å². The lowest BCUT2D eigenvalue weighted by atomic mass is 10.0. The van der Waals surface area contributed by atoms with E-state index in [2.05, 4.69) is 10.3 Å². The molecular weight excluding hydrogens is 364 g/mol. The highest BCUT2D eigenvalue weighted by molar-refractivity contribution is 6.30. The third-order valence-electron chi connectivity index (χ3n) is 4.45. The standard InChI is InChI=1S/C21H21ClN2O3/c1-27-21(26)19(12-15-13-23-18-8-3-2-7-17(15)18)24-20(25)10-9-14-5-4-6-16(22)11-14/h2-8,11,13,19,23H,9-10,12H2,1H3,(H,24,25). The van der Waals surface area contributed by atoms with E-state index in [0.717, 1.165) is 22.0 Å². The second kappa shape index (κ2) is 8.73. The number of para-hydroxylation sites is 1. The maximum Gasteiger partial charge on any atom is 0.328 e. The van der Waals surface area contributed by atoms with Gasteiger partial charge in [0, 0.05) is 35.0 Å². The van der Waals surface area contributed by atoms with Crippen LogP contribution in [-0.4, -0.2) is 30.0 Å². The van der Waals surface area contributed by atoms with Crippen molar-refractivity contribution in [2.75, 3.05) is 7.11 Å². The number of halogens is 1. The summed E-state index contributed by atoms with van der Waals surface area (Å²) in [6.07, 6.45) is 3.04. The Labute approximate surface area is 162 Å². The lowest BCUT2D eigenvalue weighted by Crippen LogP contribution is -2.43. The van der Waals surface area contributed by atoms with E-state index in [1.807, 2.05) is 48.7 Å². The smallest absolute Gasteiger partial charge is 0.328 e. The Bertz CT molecular complexity index is 951. The van der Waals surface area contributed by atoms with Gasteiger partial charge < -0.3 is 15.0 Å². The number of aryl methyl sites for hydroxylation is 1. The van der Waals surface area contributed by atoms with E-state index >= 15 is 0 Å². The van der Waals surface area contributed by atoms with E-state index in [1.165, 1.54) is 7.11 Å². The molecule has 3 rings (SSSR count). The van der Waals surface area contributed by atoms with Crippen molar-refractivity contribution in [3.05, 3.63) is 70.9 Å². The monoisotopic (exact) mass is 384 g/mol. The third kappa shape index (κ3) is 4.89. The van der Waals surface area contributed by atoms with Crippen LogP contribution in [0.4, 0.5) is 0 Å². The SMILES string of the molecule is COC(=O)C(Cc1c[nH]c2ccccc12)NC(=O)CCc1cccc(Cl)c1. The maximum absolute atomic E-state index is 12.4. The van der Waals surface area contributed by atoms with Crippen molar-refractivity contribution in [1.29, 1.82) is 0 Å². The number of benzene rings is 2. The molecule has 1 atom stereocenters. The zero-order valence-corrected chi connectivity index (χ0v) is 15.8. The van der Waals surface area contributed by atoms with E-state index in [1.54, 1.807) is 6.07 Å². The zero-order valence-electron chi connectivity index (χ0n) is 15.0. The Morgan fingerprint density at radius 1 is 1.19 bits per heavy atom. The fourth-order valence-electron chi connectivity index (χ4n) is 3.07. The van der Waals surface area contributed by atoms with Crippen molar-refractivity contribution in [3.8, 4) is 0 Å². The van der Waals surface area contributed by atoms with Gasteiger partial charge in [0.2, 0.25) is 5.91 Å². The lowest BCUT2D eigenvalue weighted by molar-refractivity contribution is -0.145. The minimum Gasteiger partial charge on any atom is -0.467 e. The molecule has 0 saturated carbocycles. The van der Waals surface area contributed by atoms with E-state index in [0.29, 0.717) is 17.9 Å². The quantitative estimate of drug-likeness (QED) is 0.611.